The van der Waals surface area contributed by atoms with E-state index >= 15 is 0 Å². The van der Waals surface area contributed by atoms with Crippen molar-refractivity contribution in [3.63, 3.8) is 0 Å². The molecule has 0 spiro atoms. The lowest BCUT2D eigenvalue weighted by Crippen LogP contribution is -2.11. The Bertz CT molecular complexity index is 1910. The van der Waals surface area contributed by atoms with E-state index in [1.807, 2.05) is 0 Å². The molecule has 5 heteroatoms. The van der Waals surface area contributed by atoms with Crippen LogP contribution in [0.2, 0.25) is 0 Å². The van der Waals surface area contributed by atoms with E-state index in [9.17, 15) is 0 Å². The van der Waals surface area contributed by atoms with Crippen molar-refractivity contribution in [2.75, 3.05) is 26.4 Å². The van der Waals surface area contributed by atoms with Crippen LogP contribution in [0.25, 0.3) is 22.3 Å². The molecule has 0 radical (unpaired) electrons. The van der Waals surface area contributed by atoms with Crippen molar-refractivity contribution in [3.8, 4) is 45.3 Å². The molecule has 0 bridgehead atoms. The van der Waals surface area contributed by atoms with Crippen LogP contribution >= 0.6 is 0 Å². The predicted octanol–water partition coefficient (Wildman–Crippen LogP) is 31.5. The molecule has 95 heavy (non-hydrogen) atoms. The van der Waals surface area contributed by atoms with Gasteiger partial charge in [-0.15, -0.1) is 0 Å². The molecule has 0 fully saturated rings. The van der Waals surface area contributed by atoms with Gasteiger partial charge < -0.3 is 19.1 Å². The Morgan fingerprint density at radius 3 is 0.568 bits per heavy atom. The van der Waals surface area contributed by atoms with Crippen LogP contribution in [-0.2, 0) is 4.89 Å². The highest BCUT2D eigenvalue weighted by molar-refractivity contribution is 5.93. The third-order valence-electron chi connectivity index (χ3n) is 20.4. The maximum atomic E-state index is 7.23. The minimum atomic E-state index is 0.531. The van der Waals surface area contributed by atoms with Gasteiger partial charge in [-0.05, 0) is 36.8 Å². The molecule has 0 unspecified atom stereocenters. The molecule has 5 nitrogen and oxygen atoms in total. The molecule has 0 amide bonds. The van der Waals surface area contributed by atoms with Gasteiger partial charge in [0.2, 0.25) is 5.75 Å². The van der Waals surface area contributed by atoms with E-state index < -0.39 is 0 Å². The molecular formula is C90H158O5. The molecule has 3 aromatic carbocycles. The Kier molecular flexibility index (Phi) is 61.6. The molecule has 3 aromatic rings. The van der Waals surface area contributed by atoms with Crippen LogP contribution in [0.4, 0.5) is 0 Å². The largest absolute Gasteiger partial charge is 0.489 e. The summed E-state index contributed by atoms with van der Waals surface area (Å²) in [7, 11) is 0. The molecule has 3 rings (SSSR count). The van der Waals surface area contributed by atoms with Crippen molar-refractivity contribution in [1.82, 2.24) is 0 Å². The van der Waals surface area contributed by atoms with Gasteiger partial charge in [-0.1, -0.05) is 474 Å². The lowest BCUT2D eigenvalue weighted by Gasteiger charge is -2.26. The Labute approximate surface area is 591 Å². The summed E-state index contributed by atoms with van der Waals surface area (Å²) in [5.41, 5.74) is 3.85. The second kappa shape index (κ2) is 68.0. The summed E-state index contributed by atoms with van der Waals surface area (Å²) in [5.74, 6) is 2.85. The molecule has 0 saturated carbocycles. The fourth-order valence-corrected chi connectivity index (χ4v) is 14.2. The molecule has 0 atom stereocenters. The second-order valence-corrected chi connectivity index (χ2v) is 29.5. The Morgan fingerprint density at radius 2 is 0.358 bits per heavy atom. The highest BCUT2D eigenvalue weighted by Gasteiger charge is 2.32. The first-order valence-corrected chi connectivity index (χ1v) is 42.8. The van der Waals surface area contributed by atoms with E-state index in [2.05, 4.69) is 88.4 Å². The van der Waals surface area contributed by atoms with E-state index in [0.717, 1.165) is 90.9 Å². The van der Waals surface area contributed by atoms with Gasteiger partial charge in [0.1, 0.15) is 0 Å². The monoisotopic (exact) mass is 1320 g/mol. The first kappa shape index (κ1) is 86.0. The fraction of sp³-hybridized carbons (Fsp3) is 0.800. The van der Waals surface area contributed by atoms with E-state index in [0.29, 0.717) is 32.2 Å². The summed E-state index contributed by atoms with van der Waals surface area (Å²) in [5, 5.41) is 0. The quantitative estimate of drug-likeness (QED) is 0.0320. The number of unbranched alkanes of at least 4 members (excludes halogenated alkanes) is 60. The van der Waals surface area contributed by atoms with Gasteiger partial charge in [-0.25, -0.2) is 0 Å². The number of benzene rings is 3. The fourth-order valence-electron chi connectivity index (χ4n) is 14.2. The van der Waals surface area contributed by atoms with E-state index in [-0.39, 0.29) is 0 Å². The number of hydrogen-bond donors (Lipinski definition) is 0. The zero-order valence-electron chi connectivity index (χ0n) is 63.9. The van der Waals surface area contributed by atoms with Gasteiger partial charge in [0.15, 0.2) is 17.2 Å². The highest BCUT2D eigenvalue weighted by atomic mass is 17.2. The van der Waals surface area contributed by atoms with Crippen molar-refractivity contribution in [2.24, 2.45) is 0 Å². The minimum Gasteiger partial charge on any atom is -0.489 e. The predicted molar refractivity (Wildman–Crippen MR) is 419 cm³/mol. The molecule has 548 valence electrons. The van der Waals surface area contributed by atoms with Crippen LogP contribution < -0.4 is 19.1 Å². The summed E-state index contributed by atoms with van der Waals surface area (Å²) >= 11 is 0. The highest BCUT2D eigenvalue weighted by Crippen LogP contribution is 2.57. The molecule has 0 aromatic heterocycles. The van der Waals surface area contributed by atoms with Gasteiger partial charge in [-0.3, -0.25) is 0 Å². The maximum Gasteiger partial charge on any atom is 0.205 e. The van der Waals surface area contributed by atoms with Gasteiger partial charge >= 0.3 is 0 Å². The SMILES string of the molecule is CCCCCCCCCCCCCCCCCCOOc1c(-c2ccccc2)c(OCCCCCCCCCCCCCCCCCC)c(OCCCCCCCCCCCCCCCCCC)c(OCCCCCCCCCCCCCCCCCC)c1-c1ccccc1. The molecule has 0 aliphatic rings. The topological polar surface area (TPSA) is 46.2 Å². The number of rotatable bonds is 75. The van der Waals surface area contributed by atoms with Gasteiger partial charge in [-0.2, -0.15) is 4.89 Å². The van der Waals surface area contributed by atoms with Crippen molar-refractivity contribution in [3.05, 3.63) is 60.7 Å². The minimum absolute atomic E-state index is 0.531. The lowest BCUT2D eigenvalue weighted by atomic mass is 9.94. The van der Waals surface area contributed by atoms with Crippen LogP contribution in [0.1, 0.15) is 439 Å². The summed E-state index contributed by atoms with van der Waals surface area (Å²) in [6.07, 6.45) is 86.0. The smallest absolute Gasteiger partial charge is 0.205 e. The Balaban J connectivity index is 1.78. The van der Waals surface area contributed by atoms with Crippen molar-refractivity contribution >= 4 is 0 Å². The van der Waals surface area contributed by atoms with Crippen LogP contribution in [0.3, 0.4) is 0 Å². The average Bonchev–Trinajstić information content (AvgIpc) is 0.751. The zero-order chi connectivity index (χ0) is 67.3. The van der Waals surface area contributed by atoms with Crippen molar-refractivity contribution < 1.29 is 24.0 Å². The summed E-state index contributed by atoms with van der Waals surface area (Å²) in [6, 6.07) is 21.6. The van der Waals surface area contributed by atoms with Gasteiger partial charge in [0, 0.05) is 0 Å². The third-order valence-corrected chi connectivity index (χ3v) is 20.4. The number of ether oxygens (including phenoxy) is 3. The summed E-state index contributed by atoms with van der Waals surface area (Å²) in [4.78, 5) is 13.3. The first-order chi connectivity index (χ1) is 47.3. The Hall–Kier alpha value is -3.18. The van der Waals surface area contributed by atoms with E-state index in [1.54, 1.807) is 0 Å². The summed E-state index contributed by atoms with van der Waals surface area (Å²) in [6.45, 7) is 11.6. The summed E-state index contributed by atoms with van der Waals surface area (Å²) < 4.78 is 21.7. The van der Waals surface area contributed by atoms with Crippen LogP contribution in [0, 0.1) is 0 Å². The number of hydrogen-bond acceptors (Lipinski definition) is 5. The van der Waals surface area contributed by atoms with Gasteiger partial charge in [0.25, 0.3) is 0 Å². The van der Waals surface area contributed by atoms with Crippen LogP contribution in [0.15, 0.2) is 60.7 Å². The van der Waals surface area contributed by atoms with E-state index in [4.69, 9.17) is 24.0 Å². The molecule has 0 saturated heterocycles. The van der Waals surface area contributed by atoms with Crippen LogP contribution in [-0.4, -0.2) is 26.4 Å². The Morgan fingerprint density at radius 1 is 0.179 bits per heavy atom. The second-order valence-electron chi connectivity index (χ2n) is 29.5. The molecule has 0 heterocycles. The van der Waals surface area contributed by atoms with Gasteiger partial charge in [0.05, 0.1) is 37.6 Å². The normalized spacial score (nSPS) is 11.5. The van der Waals surface area contributed by atoms with Crippen molar-refractivity contribution in [2.45, 2.75) is 439 Å². The van der Waals surface area contributed by atoms with Crippen LogP contribution in [0.5, 0.6) is 23.0 Å². The maximum absolute atomic E-state index is 7.23. The lowest BCUT2D eigenvalue weighted by molar-refractivity contribution is -0.206. The molecule has 0 aliphatic carbocycles. The molecular weight excluding hydrogens is 1160 g/mol. The molecule has 0 aliphatic heterocycles. The average molecular weight is 1320 g/mol. The zero-order valence-corrected chi connectivity index (χ0v) is 63.9. The molecule has 0 N–H and O–H groups in total. The standard InChI is InChI=1S/C90H158O5/c1-5-9-13-17-21-25-29-33-37-41-45-49-53-57-61-71-79-91-88-85(83-75-67-65-68-76-83)87(95-94-82-74-64-60-56-52-48-44-40-36-32-28-24-20-16-12-8-4)86(84-77-69-66-70-78-84)89(92-80-72-62-58-54-50-46-42-38-34-30-26-22-18-14-10-6-2)90(88)93-81-73-63-59-55-51-47-43-39-35-31-27-23-19-15-11-7-3/h65-70,75-78H,5-64,71-74,79-82H2,1-4H3. The first-order valence-electron chi connectivity index (χ1n) is 42.8. The van der Waals surface area contributed by atoms with Crippen molar-refractivity contribution in [1.29, 1.82) is 0 Å². The third kappa shape index (κ3) is 48.3. The van der Waals surface area contributed by atoms with E-state index in [1.165, 1.54) is 360 Å².